The summed E-state index contributed by atoms with van der Waals surface area (Å²) in [4.78, 5) is 25.8. The van der Waals surface area contributed by atoms with Gasteiger partial charge in [0.15, 0.2) is 0 Å². The fourth-order valence-corrected chi connectivity index (χ4v) is 2.31. The number of alkyl halides is 3. The molecule has 2 fully saturated rings. The summed E-state index contributed by atoms with van der Waals surface area (Å²) in [6.07, 6.45) is -3.73. The van der Waals surface area contributed by atoms with Crippen LogP contribution in [0.1, 0.15) is 19.3 Å². The zero-order chi connectivity index (χ0) is 15.5. The third kappa shape index (κ3) is 4.76. The van der Waals surface area contributed by atoms with Crippen LogP contribution in [0.25, 0.3) is 0 Å². The van der Waals surface area contributed by atoms with Crippen LogP contribution in [0.15, 0.2) is 0 Å². The van der Waals surface area contributed by atoms with E-state index in [9.17, 15) is 22.8 Å². The molecule has 0 aromatic heterocycles. The Morgan fingerprint density at radius 1 is 1.43 bits per heavy atom. The zero-order valence-corrected chi connectivity index (χ0v) is 11.5. The van der Waals surface area contributed by atoms with E-state index in [-0.39, 0.29) is 19.3 Å². The Labute approximate surface area is 120 Å². The number of amides is 3. The maximum absolute atomic E-state index is 12.2. The number of nitrogens with zero attached hydrogens (tertiary/aromatic N) is 2. The second kappa shape index (κ2) is 6.50. The summed E-state index contributed by atoms with van der Waals surface area (Å²) in [7, 11) is 0. The van der Waals surface area contributed by atoms with Gasteiger partial charge in [0.25, 0.3) is 0 Å². The Morgan fingerprint density at radius 2 is 2.19 bits per heavy atom. The third-order valence-corrected chi connectivity index (χ3v) is 3.46. The molecule has 0 spiro atoms. The zero-order valence-electron chi connectivity index (χ0n) is 11.5. The second-order valence-electron chi connectivity index (χ2n) is 5.23. The lowest BCUT2D eigenvalue weighted by Gasteiger charge is -2.26. The highest BCUT2D eigenvalue weighted by molar-refractivity contribution is 5.87. The first-order chi connectivity index (χ1) is 9.85. The molecule has 2 heterocycles. The highest BCUT2D eigenvalue weighted by Gasteiger charge is 2.35. The Kier molecular flexibility index (Phi) is 4.92. The van der Waals surface area contributed by atoms with Crippen molar-refractivity contribution in [2.24, 2.45) is 0 Å². The van der Waals surface area contributed by atoms with Crippen molar-refractivity contribution in [2.75, 3.05) is 33.0 Å². The molecule has 0 unspecified atom stereocenters. The van der Waals surface area contributed by atoms with Crippen LogP contribution in [0.3, 0.4) is 0 Å². The molecule has 0 radical (unpaired) electrons. The first-order valence-electron chi connectivity index (χ1n) is 6.83. The summed E-state index contributed by atoms with van der Waals surface area (Å²) in [5, 5.41) is 2.74. The van der Waals surface area contributed by atoms with Gasteiger partial charge in [-0.3, -0.25) is 9.69 Å². The Morgan fingerprint density at radius 3 is 2.81 bits per heavy atom. The van der Waals surface area contributed by atoms with Crippen molar-refractivity contribution in [2.45, 2.75) is 31.5 Å². The minimum atomic E-state index is -4.31. The average molecular weight is 309 g/mol. The van der Waals surface area contributed by atoms with Gasteiger partial charge in [-0.2, -0.15) is 13.2 Å². The summed E-state index contributed by atoms with van der Waals surface area (Å²) in [6.45, 7) is 0.384. The molecule has 9 heteroatoms. The Bertz CT molecular complexity index is 397. The van der Waals surface area contributed by atoms with Gasteiger partial charge in [-0.05, 0) is 12.8 Å². The standard InChI is InChI=1S/C12H18F3N3O3/c13-12(14,15)3-4-17-8-18(6-10(17)19)11(20)16-9-2-1-5-21-7-9/h9H,1-8H2,(H,16,20)/t9-/m0/s1. The van der Waals surface area contributed by atoms with Gasteiger partial charge in [-0.15, -0.1) is 0 Å². The number of carbonyl (C=O) groups excluding carboxylic acids is 2. The number of urea groups is 1. The van der Waals surface area contributed by atoms with Crippen molar-refractivity contribution in [1.82, 2.24) is 15.1 Å². The molecule has 21 heavy (non-hydrogen) atoms. The molecular weight excluding hydrogens is 291 g/mol. The molecular formula is C12H18F3N3O3. The molecule has 2 aliphatic heterocycles. The SMILES string of the molecule is O=C1CN(C(=O)N[C@H]2CCCOC2)CN1CCC(F)(F)F. The largest absolute Gasteiger partial charge is 0.390 e. The summed E-state index contributed by atoms with van der Waals surface area (Å²) in [5.74, 6) is -0.464. The number of halogens is 3. The molecule has 0 aliphatic carbocycles. The molecule has 3 amide bonds. The fourth-order valence-electron chi connectivity index (χ4n) is 2.31. The quantitative estimate of drug-likeness (QED) is 0.843. The molecule has 0 aromatic carbocycles. The van der Waals surface area contributed by atoms with Crippen molar-refractivity contribution in [3.63, 3.8) is 0 Å². The monoisotopic (exact) mass is 309 g/mol. The number of rotatable bonds is 3. The van der Waals surface area contributed by atoms with Crippen LogP contribution in [0.2, 0.25) is 0 Å². The maximum Gasteiger partial charge on any atom is 0.390 e. The van der Waals surface area contributed by atoms with Gasteiger partial charge in [0.2, 0.25) is 5.91 Å². The molecule has 2 saturated heterocycles. The van der Waals surface area contributed by atoms with Crippen LogP contribution in [-0.2, 0) is 9.53 Å². The van der Waals surface area contributed by atoms with E-state index in [0.717, 1.165) is 17.7 Å². The molecule has 6 nitrogen and oxygen atoms in total. The molecule has 0 saturated carbocycles. The van der Waals surface area contributed by atoms with Gasteiger partial charge >= 0.3 is 12.2 Å². The first kappa shape index (κ1) is 15.9. The van der Waals surface area contributed by atoms with Crippen molar-refractivity contribution in [3.05, 3.63) is 0 Å². The topological polar surface area (TPSA) is 61.9 Å². The number of nitrogens with one attached hydrogen (secondary N) is 1. The molecule has 0 aromatic rings. The summed E-state index contributed by atoms with van der Waals surface area (Å²) in [6, 6.07) is -0.543. The predicted octanol–water partition coefficient (Wildman–Crippen LogP) is 0.929. The van der Waals surface area contributed by atoms with E-state index in [1.54, 1.807) is 0 Å². The van der Waals surface area contributed by atoms with Crippen LogP contribution in [0.5, 0.6) is 0 Å². The third-order valence-electron chi connectivity index (χ3n) is 3.46. The minimum Gasteiger partial charge on any atom is -0.379 e. The van der Waals surface area contributed by atoms with E-state index in [2.05, 4.69) is 5.32 Å². The molecule has 1 atom stereocenters. The van der Waals surface area contributed by atoms with Gasteiger partial charge in [0.1, 0.15) is 6.54 Å². The van der Waals surface area contributed by atoms with Gasteiger partial charge in [0, 0.05) is 13.2 Å². The first-order valence-corrected chi connectivity index (χ1v) is 6.83. The summed E-state index contributed by atoms with van der Waals surface area (Å²) in [5.41, 5.74) is 0. The second-order valence-corrected chi connectivity index (χ2v) is 5.23. The highest BCUT2D eigenvalue weighted by atomic mass is 19.4. The highest BCUT2D eigenvalue weighted by Crippen LogP contribution is 2.21. The number of hydrogen-bond acceptors (Lipinski definition) is 3. The van der Waals surface area contributed by atoms with Crippen LogP contribution in [0.4, 0.5) is 18.0 Å². The predicted molar refractivity (Wildman–Crippen MR) is 66.3 cm³/mol. The minimum absolute atomic E-state index is 0.103. The molecule has 1 N–H and O–H groups in total. The summed E-state index contributed by atoms with van der Waals surface area (Å²) >= 11 is 0. The summed E-state index contributed by atoms with van der Waals surface area (Å²) < 4.78 is 41.7. The van der Waals surface area contributed by atoms with Gasteiger partial charge in [0.05, 0.1) is 25.7 Å². The molecule has 0 bridgehead atoms. The molecule has 2 rings (SSSR count). The van der Waals surface area contributed by atoms with E-state index in [1.807, 2.05) is 0 Å². The Hall–Kier alpha value is -1.51. The average Bonchev–Trinajstić information content (AvgIpc) is 2.78. The van der Waals surface area contributed by atoms with E-state index in [1.165, 1.54) is 4.90 Å². The maximum atomic E-state index is 12.2. The van der Waals surface area contributed by atoms with E-state index >= 15 is 0 Å². The van der Waals surface area contributed by atoms with Crippen molar-refractivity contribution in [1.29, 1.82) is 0 Å². The van der Waals surface area contributed by atoms with E-state index in [4.69, 9.17) is 4.74 Å². The van der Waals surface area contributed by atoms with Crippen molar-refractivity contribution < 1.29 is 27.5 Å². The lowest BCUT2D eigenvalue weighted by atomic mass is 10.1. The smallest absolute Gasteiger partial charge is 0.379 e. The van der Waals surface area contributed by atoms with Crippen LogP contribution < -0.4 is 5.32 Å². The van der Waals surface area contributed by atoms with E-state index < -0.39 is 31.1 Å². The van der Waals surface area contributed by atoms with Gasteiger partial charge in [-0.1, -0.05) is 0 Å². The lowest BCUT2D eigenvalue weighted by molar-refractivity contribution is -0.142. The van der Waals surface area contributed by atoms with Gasteiger partial charge in [-0.25, -0.2) is 4.79 Å². The molecule has 120 valence electrons. The molecule has 2 aliphatic rings. The Balaban J connectivity index is 1.79. The van der Waals surface area contributed by atoms with Crippen LogP contribution in [0, 0.1) is 0 Å². The number of hydrogen-bond donors (Lipinski definition) is 1. The van der Waals surface area contributed by atoms with Gasteiger partial charge < -0.3 is 15.0 Å². The van der Waals surface area contributed by atoms with Crippen molar-refractivity contribution in [3.8, 4) is 0 Å². The van der Waals surface area contributed by atoms with Crippen LogP contribution in [-0.4, -0.2) is 66.9 Å². The van der Waals surface area contributed by atoms with E-state index in [0.29, 0.717) is 13.2 Å². The normalized spacial score (nSPS) is 23.6. The fraction of sp³-hybridized carbons (Fsp3) is 0.833. The van der Waals surface area contributed by atoms with Crippen molar-refractivity contribution >= 4 is 11.9 Å². The number of carbonyl (C=O) groups is 2. The number of ether oxygens (including phenoxy) is 1. The van der Waals surface area contributed by atoms with Crippen LogP contribution >= 0.6 is 0 Å². The lowest BCUT2D eigenvalue weighted by Crippen LogP contribution is -2.47.